The third-order valence-electron chi connectivity index (χ3n) is 4.16. The van der Waals surface area contributed by atoms with Gasteiger partial charge in [-0.1, -0.05) is 31.2 Å². The quantitative estimate of drug-likeness (QED) is 0.647. The standard InChI is InChI=1S/C19H21N3S2/c1-4-14-8-7-9-15(12-14)20-19(23)22(3)13(2)18-21-16-10-5-6-11-17(16)24-18/h5-13H,4H2,1-3H3,(H,20,23)/t13-/m1/s1. The number of hydrogen-bond donors (Lipinski definition) is 1. The van der Waals surface area contributed by atoms with Crippen LogP contribution in [0, 0.1) is 0 Å². The fourth-order valence-corrected chi connectivity index (χ4v) is 3.83. The maximum absolute atomic E-state index is 5.59. The Kier molecular flexibility index (Phi) is 5.11. The Labute approximate surface area is 152 Å². The summed E-state index contributed by atoms with van der Waals surface area (Å²) in [5, 5.41) is 5.11. The van der Waals surface area contributed by atoms with Gasteiger partial charge in [-0.2, -0.15) is 0 Å². The van der Waals surface area contributed by atoms with Crippen LogP contribution in [0.25, 0.3) is 10.2 Å². The second-order valence-electron chi connectivity index (χ2n) is 5.79. The molecule has 0 saturated heterocycles. The predicted octanol–water partition coefficient (Wildman–Crippen LogP) is 5.25. The Morgan fingerprint density at radius 2 is 2.04 bits per heavy atom. The molecule has 1 aromatic heterocycles. The summed E-state index contributed by atoms with van der Waals surface area (Å²) in [5.41, 5.74) is 3.37. The van der Waals surface area contributed by atoms with E-state index in [9.17, 15) is 0 Å². The number of thiazole rings is 1. The highest BCUT2D eigenvalue weighted by Crippen LogP contribution is 2.29. The summed E-state index contributed by atoms with van der Waals surface area (Å²) in [4.78, 5) is 6.80. The van der Waals surface area contributed by atoms with Crippen LogP contribution in [0.15, 0.2) is 48.5 Å². The molecule has 0 bridgehead atoms. The number of fused-ring (bicyclic) bond motifs is 1. The first kappa shape index (κ1) is 16.9. The van der Waals surface area contributed by atoms with Crippen LogP contribution in [0.5, 0.6) is 0 Å². The number of thiocarbonyl (C=S) groups is 1. The lowest BCUT2D eigenvalue weighted by Crippen LogP contribution is -2.33. The van der Waals surface area contributed by atoms with Crippen LogP contribution in [-0.2, 0) is 6.42 Å². The van der Waals surface area contributed by atoms with Gasteiger partial charge < -0.3 is 10.2 Å². The summed E-state index contributed by atoms with van der Waals surface area (Å²) in [6.07, 6.45) is 1.01. The fourth-order valence-electron chi connectivity index (χ4n) is 2.49. The molecule has 0 unspecified atom stereocenters. The van der Waals surface area contributed by atoms with E-state index < -0.39 is 0 Å². The van der Waals surface area contributed by atoms with E-state index in [-0.39, 0.29) is 6.04 Å². The largest absolute Gasteiger partial charge is 0.343 e. The van der Waals surface area contributed by atoms with Crippen molar-refractivity contribution in [1.29, 1.82) is 0 Å². The highest BCUT2D eigenvalue weighted by Gasteiger charge is 2.18. The third kappa shape index (κ3) is 3.57. The van der Waals surface area contributed by atoms with Crippen molar-refractivity contribution in [2.75, 3.05) is 12.4 Å². The molecule has 0 aliphatic heterocycles. The molecule has 0 spiro atoms. The highest BCUT2D eigenvalue weighted by molar-refractivity contribution is 7.80. The van der Waals surface area contributed by atoms with E-state index in [2.05, 4.69) is 54.4 Å². The van der Waals surface area contributed by atoms with Gasteiger partial charge in [-0.25, -0.2) is 4.98 Å². The molecular weight excluding hydrogens is 334 g/mol. The Morgan fingerprint density at radius 1 is 1.25 bits per heavy atom. The Bertz CT molecular complexity index is 823. The molecule has 0 radical (unpaired) electrons. The molecule has 1 heterocycles. The average molecular weight is 356 g/mol. The summed E-state index contributed by atoms with van der Waals surface area (Å²) in [5.74, 6) is 0. The smallest absolute Gasteiger partial charge is 0.173 e. The lowest BCUT2D eigenvalue weighted by atomic mass is 10.1. The van der Waals surface area contributed by atoms with Gasteiger partial charge >= 0.3 is 0 Å². The van der Waals surface area contributed by atoms with E-state index in [1.54, 1.807) is 11.3 Å². The molecule has 0 fully saturated rings. The van der Waals surface area contributed by atoms with Crippen molar-refractivity contribution < 1.29 is 0 Å². The van der Waals surface area contributed by atoms with E-state index in [0.29, 0.717) is 5.11 Å². The monoisotopic (exact) mass is 355 g/mol. The molecule has 5 heteroatoms. The molecule has 2 aromatic carbocycles. The first-order chi connectivity index (χ1) is 11.6. The van der Waals surface area contributed by atoms with Crippen molar-refractivity contribution in [3.8, 4) is 0 Å². The van der Waals surface area contributed by atoms with E-state index in [4.69, 9.17) is 17.2 Å². The number of nitrogens with zero attached hydrogens (tertiary/aromatic N) is 2. The molecule has 24 heavy (non-hydrogen) atoms. The minimum Gasteiger partial charge on any atom is -0.343 e. The van der Waals surface area contributed by atoms with E-state index in [1.807, 2.05) is 25.2 Å². The second kappa shape index (κ2) is 7.28. The number of aromatic nitrogens is 1. The zero-order chi connectivity index (χ0) is 17.1. The molecule has 3 rings (SSSR count). The summed E-state index contributed by atoms with van der Waals surface area (Å²) in [6.45, 7) is 4.28. The number of rotatable bonds is 4. The summed E-state index contributed by atoms with van der Waals surface area (Å²) in [7, 11) is 2.01. The van der Waals surface area contributed by atoms with Crippen molar-refractivity contribution in [2.45, 2.75) is 26.3 Å². The van der Waals surface area contributed by atoms with Crippen LogP contribution in [0.3, 0.4) is 0 Å². The van der Waals surface area contributed by atoms with Gasteiger partial charge in [-0.3, -0.25) is 0 Å². The van der Waals surface area contributed by atoms with Gasteiger partial charge in [0.05, 0.1) is 16.3 Å². The van der Waals surface area contributed by atoms with Crippen LogP contribution >= 0.6 is 23.6 Å². The van der Waals surface area contributed by atoms with E-state index in [1.165, 1.54) is 10.3 Å². The number of hydrogen-bond acceptors (Lipinski definition) is 3. The zero-order valence-corrected chi connectivity index (χ0v) is 15.7. The van der Waals surface area contributed by atoms with Crippen molar-refractivity contribution >= 4 is 44.6 Å². The second-order valence-corrected chi connectivity index (χ2v) is 7.24. The molecule has 3 aromatic rings. The molecule has 1 atom stereocenters. The number of benzene rings is 2. The highest BCUT2D eigenvalue weighted by atomic mass is 32.1. The van der Waals surface area contributed by atoms with Crippen LogP contribution in [0.2, 0.25) is 0 Å². The van der Waals surface area contributed by atoms with Gasteiger partial charge in [-0.05, 0) is 55.4 Å². The number of nitrogens with one attached hydrogen (secondary N) is 1. The SMILES string of the molecule is CCc1cccc(NC(=S)N(C)[C@H](C)c2nc3ccccc3s2)c1. The number of anilines is 1. The number of aryl methyl sites for hydroxylation is 1. The third-order valence-corrected chi connectivity index (χ3v) is 5.75. The maximum Gasteiger partial charge on any atom is 0.173 e. The molecule has 0 aliphatic carbocycles. The first-order valence-corrected chi connectivity index (χ1v) is 9.29. The topological polar surface area (TPSA) is 28.2 Å². The van der Waals surface area contributed by atoms with Gasteiger partial charge in [0.1, 0.15) is 5.01 Å². The summed E-state index contributed by atoms with van der Waals surface area (Å²) in [6, 6.07) is 16.7. The Morgan fingerprint density at radius 3 is 2.79 bits per heavy atom. The number of para-hydroxylation sites is 1. The molecular formula is C19H21N3S2. The molecule has 0 saturated carbocycles. The Balaban J connectivity index is 1.74. The molecule has 1 N–H and O–H groups in total. The molecule has 3 nitrogen and oxygen atoms in total. The lowest BCUT2D eigenvalue weighted by molar-refractivity contribution is 0.407. The normalized spacial score (nSPS) is 12.1. The minimum absolute atomic E-state index is 0.122. The van der Waals surface area contributed by atoms with E-state index >= 15 is 0 Å². The Hall–Kier alpha value is -1.98. The van der Waals surface area contributed by atoms with Crippen molar-refractivity contribution in [3.05, 3.63) is 59.1 Å². The lowest BCUT2D eigenvalue weighted by Gasteiger charge is -2.26. The average Bonchev–Trinajstić information content (AvgIpc) is 3.04. The molecule has 124 valence electrons. The van der Waals surface area contributed by atoms with Gasteiger partial charge in [0, 0.05) is 12.7 Å². The van der Waals surface area contributed by atoms with E-state index in [0.717, 1.165) is 22.6 Å². The zero-order valence-electron chi connectivity index (χ0n) is 14.1. The minimum atomic E-state index is 0.122. The summed E-state index contributed by atoms with van der Waals surface area (Å²) < 4.78 is 1.21. The van der Waals surface area contributed by atoms with Gasteiger partial charge in [0.25, 0.3) is 0 Å². The maximum atomic E-state index is 5.59. The van der Waals surface area contributed by atoms with Crippen molar-refractivity contribution in [1.82, 2.24) is 9.88 Å². The predicted molar refractivity (Wildman–Crippen MR) is 108 cm³/mol. The van der Waals surface area contributed by atoms with Crippen LogP contribution in [-0.4, -0.2) is 22.0 Å². The summed E-state index contributed by atoms with van der Waals surface area (Å²) >= 11 is 7.31. The van der Waals surface area contributed by atoms with Gasteiger partial charge in [0.2, 0.25) is 0 Å². The van der Waals surface area contributed by atoms with Crippen LogP contribution < -0.4 is 5.32 Å². The fraction of sp³-hybridized carbons (Fsp3) is 0.263. The molecule has 0 amide bonds. The van der Waals surface area contributed by atoms with Crippen LogP contribution in [0.4, 0.5) is 5.69 Å². The first-order valence-electron chi connectivity index (χ1n) is 8.06. The van der Waals surface area contributed by atoms with Gasteiger partial charge in [0.15, 0.2) is 5.11 Å². The van der Waals surface area contributed by atoms with Crippen molar-refractivity contribution in [2.24, 2.45) is 0 Å². The van der Waals surface area contributed by atoms with Crippen molar-refractivity contribution in [3.63, 3.8) is 0 Å². The van der Waals surface area contributed by atoms with Gasteiger partial charge in [-0.15, -0.1) is 11.3 Å². The van der Waals surface area contributed by atoms with Crippen LogP contribution in [0.1, 0.15) is 30.5 Å². The molecule has 0 aliphatic rings.